The Labute approximate surface area is 189 Å². The fourth-order valence-electron chi connectivity index (χ4n) is 4.06. The highest BCUT2D eigenvalue weighted by Crippen LogP contribution is 2.29. The van der Waals surface area contributed by atoms with Gasteiger partial charge in [-0.3, -0.25) is 4.98 Å². The number of ether oxygens (including phenoxy) is 1. The molecular weight excluding hydrogens is 400 g/mol. The zero-order chi connectivity index (χ0) is 22.5. The number of carbonyl (C=O) groups excluding carboxylic acids is 1. The number of nitrogens with zero attached hydrogens (tertiary/aromatic N) is 3. The number of benzene rings is 2. The van der Waals surface area contributed by atoms with E-state index in [0.29, 0.717) is 19.6 Å². The molecule has 1 aromatic heterocycles. The van der Waals surface area contributed by atoms with Gasteiger partial charge in [0.15, 0.2) is 0 Å². The molecule has 6 heteroatoms. The number of hydrogen-bond donors (Lipinski definition) is 1. The topological polar surface area (TPSA) is 57.7 Å². The van der Waals surface area contributed by atoms with Crippen molar-refractivity contribution in [1.82, 2.24) is 20.3 Å². The lowest BCUT2D eigenvalue weighted by molar-refractivity contribution is -0.00644. The van der Waals surface area contributed by atoms with Crippen molar-refractivity contribution in [3.05, 3.63) is 94.8 Å². The van der Waals surface area contributed by atoms with E-state index in [1.54, 1.807) is 19.5 Å². The summed E-state index contributed by atoms with van der Waals surface area (Å²) < 4.78 is 5.27. The number of urea groups is 1. The summed E-state index contributed by atoms with van der Waals surface area (Å²) in [7, 11) is 1.67. The molecule has 1 aliphatic rings. The number of pyridine rings is 1. The lowest BCUT2D eigenvalue weighted by Crippen LogP contribution is -2.46. The van der Waals surface area contributed by atoms with Crippen molar-refractivity contribution in [3.63, 3.8) is 0 Å². The van der Waals surface area contributed by atoms with Crippen molar-refractivity contribution >= 4 is 6.03 Å². The van der Waals surface area contributed by atoms with Gasteiger partial charge in [-0.25, -0.2) is 14.8 Å². The molecule has 0 bridgehead atoms. The van der Waals surface area contributed by atoms with Crippen LogP contribution in [0.25, 0.3) is 0 Å². The van der Waals surface area contributed by atoms with Gasteiger partial charge in [0.1, 0.15) is 5.75 Å². The van der Waals surface area contributed by atoms with Crippen molar-refractivity contribution in [2.24, 2.45) is 0 Å². The summed E-state index contributed by atoms with van der Waals surface area (Å²) in [5, 5.41) is 7.10. The Morgan fingerprint density at radius 2 is 1.78 bits per heavy atom. The number of aromatic nitrogens is 1. The molecule has 2 amide bonds. The number of hydrogen-bond acceptors (Lipinski definition) is 4. The van der Waals surface area contributed by atoms with Gasteiger partial charge >= 0.3 is 6.03 Å². The van der Waals surface area contributed by atoms with E-state index in [-0.39, 0.29) is 12.1 Å². The minimum Gasteiger partial charge on any atom is -0.497 e. The highest BCUT2D eigenvalue weighted by molar-refractivity contribution is 5.76. The maximum absolute atomic E-state index is 13.0. The largest absolute Gasteiger partial charge is 0.497 e. The van der Waals surface area contributed by atoms with Crippen LogP contribution in [0.15, 0.2) is 67.0 Å². The van der Waals surface area contributed by atoms with Crippen LogP contribution in [0.1, 0.15) is 33.9 Å². The molecule has 1 unspecified atom stereocenters. The van der Waals surface area contributed by atoms with E-state index in [4.69, 9.17) is 4.74 Å². The monoisotopic (exact) mass is 430 g/mol. The molecule has 1 aliphatic heterocycles. The highest BCUT2D eigenvalue weighted by Gasteiger charge is 2.36. The fourth-order valence-corrected chi connectivity index (χ4v) is 4.06. The molecule has 1 saturated heterocycles. The van der Waals surface area contributed by atoms with Gasteiger partial charge in [-0.15, -0.1) is 0 Å². The summed E-state index contributed by atoms with van der Waals surface area (Å²) in [6.45, 7) is 6.17. The van der Waals surface area contributed by atoms with E-state index >= 15 is 0 Å². The molecule has 4 rings (SSSR count). The lowest BCUT2D eigenvalue weighted by atomic mass is 10.0. The molecular formula is C26H30N4O2. The molecule has 0 aliphatic carbocycles. The second-order valence-electron chi connectivity index (χ2n) is 8.23. The Balaban J connectivity index is 1.60. The molecule has 0 radical (unpaired) electrons. The number of aryl methyl sites for hydroxylation is 2. The third-order valence-corrected chi connectivity index (χ3v) is 6.10. The fraction of sp³-hybridized carbons (Fsp3) is 0.308. The Bertz CT molecular complexity index is 1050. The van der Waals surface area contributed by atoms with Crippen molar-refractivity contribution in [1.29, 1.82) is 0 Å². The van der Waals surface area contributed by atoms with Crippen LogP contribution < -0.4 is 10.1 Å². The molecule has 6 nitrogen and oxygen atoms in total. The van der Waals surface area contributed by atoms with Gasteiger partial charge in [-0.2, -0.15) is 0 Å². The van der Waals surface area contributed by atoms with Crippen molar-refractivity contribution in [2.45, 2.75) is 32.9 Å². The van der Waals surface area contributed by atoms with Crippen LogP contribution in [-0.4, -0.2) is 41.2 Å². The number of hydrazine groups is 1. The second kappa shape index (κ2) is 9.83. The third-order valence-electron chi connectivity index (χ3n) is 6.10. The number of methoxy groups -OCH3 is 1. The van der Waals surface area contributed by atoms with E-state index < -0.39 is 0 Å². The zero-order valence-electron chi connectivity index (χ0n) is 18.9. The van der Waals surface area contributed by atoms with Gasteiger partial charge in [0, 0.05) is 32.0 Å². The Morgan fingerprint density at radius 1 is 1.03 bits per heavy atom. The van der Waals surface area contributed by atoms with E-state index in [9.17, 15) is 4.79 Å². The maximum Gasteiger partial charge on any atom is 0.332 e. The first kappa shape index (κ1) is 21.8. The number of nitrogens with one attached hydrogen (secondary N) is 1. The first-order chi connectivity index (χ1) is 15.5. The Hall–Kier alpha value is -3.38. The van der Waals surface area contributed by atoms with Crippen LogP contribution in [0.5, 0.6) is 5.75 Å². The number of amides is 2. The van der Waals surface area contributed by atoms with Gasteiger partial charge in [-0.1, -0.05) is 30.3 Å². The average Bonchev–Trinajstić information content (AvgIpc) is 3.20. The van der Waals surface area contributed by atoms with Gasteiger partial charge in [0.2, 0.25) is 0 Å². The summed E-state index contributed by atoms with van der Waals surface area (Å²) in [5.74, 6) is 0.844. The molecule has 32 heavy (non-hydrogen) atoms. The molecule has 2 heterocycles. The Kier molecular flexibility index (Phi) is 6.71. The van der Waals surface area contributed by atoms with Crippen LogP contribution in [0.4, 0.5) is 4.79 Å². The normalized spacial score (nSPS) is 15.8. The quantitative estimate of drug-likeness (QED) is 0.574. The molecule has 2 aromatic carbocycles. The minimum absolute atomic E-state index is 0.0421. The van der Waals surface area contributed by atoms with E-state index in [1.165, 1.54) is 16.7 Å². The zero-order valence-corrected chi connectivity index (χ0v) is 18.9. The molecule has 0 spiro atoms. The van der Waals surface area contributed by atoms with Crippen LogP contribution >= 0.6 is 0 Å². The van der Waals surface area contributed by atoms with Crippen LogP contribution in [0, 0.1) is 13.8 Å². The molecule has 1 fully saturated rings. The van der Waals surface area contributed by atoms with E-state index in [2.05, 4.69) is 59.5 Å². The van der Waals surface area contributed by atoms with Crippen LogP contribution in [0.2, 0.25) is 0 Å². The third kappa shape index (κ3) is 4.92. The van der Waals surface area contributed by atoms with Crippen LogP contribution in [-0.2, 0) is 13.0 Å². The van der Waals surface area contributed by atoms with Gasteiger partial charge in [0.05, 0.1) is 13.2 Å². The minimum atomic E-state index is -0.0583. The molecule has 3 aromatic rings. The first-order valence-electron chi connectivity index (χ1n) is 11.0. The van der Waals surface area contributed by atoms with Crippen molar-refractivity contribution in [2.75, 3.05) is 20.2 Å². The summed E-state index contributed by atoms with van der Waals surface area (Å²) in [6.07, 6.45) is 4.40. The summed E-state index contributed by atoms with van der Waals surface area (Å²) >= 11 is 0. The maximum atomic E-state index is 13.0. The second-order valence-corrected chi connectivity index (χ2v) is 8.23. The summed E-state index contributed by atoms with van der Waals surface area (Å²) in [5.41, 5.74) is 5.96. The summed E-state index contributed by atoms with van der Waals surface area (Å²) in [4.78, 5) is 17.1. The van der Waals surface area contributed by atoms with E-state index in [0.717, 1.165) is 23.3 Å². The van der Waals surface area contributed by atoms with Gasteiger partial charge < -0.3 is 10.1 Å². The van der Waals surface area contributed by atoms with Gasteiger partial charge in [0.25, 0.3) is 0 Å². The van der Waals surface area contributed by atoms with Gasteiger partial charge in [-0.05, 0) is 72.4 Å². The number of rotatable bonds is 8. The predicted molar refractivity (Wildman–Crippen MR) is 125 cm³/mol. The van der Waals surface area contributed by atoms with E-state index in [1.807, 2.05) is 29.3 Å². The molecule has 0 saturated carbocycles. The van der Waals surface area contributed by atoms with Crippen LogP contribution in [0.3, 0.4) is 0 Å². The standard InChI is InChI=1S/C26H30N4O2/c1-19-4-7-23(16-20(19)2)25-17-28-26(31)30(25)29(18-22-10-13-27-14-11-22)15-12-21-5-8-24(32-3)9-6-21/h4-11,13-14,16,25H,12,15,17-18H2,1-3H3,(H,28,31). The highest BCUT2D eigenvalue weighted by atomic mass is 16.5. The first-order valence-corrected chi connectivity index (χ1v) is 11.0. The molecule has 1 N–H and O–H groups in total. The smallest absolute Gasteiger partial charge is 0.332 e. The van der Waals surface area contributed by atoms with Crippen molar-refractivity contribution in [3.8, 4) is 5.75 Å². The average molecular weight is 431 g/mol. The summed E-state index contributed by atoms with van der Waals surface area (Å²) in [6, 6.07) is 18.5. The molecule has 166 valence electrons. The molecule has 1 atom stereocenters. The SMILES string of the molecule is COc1ccc(CCN(Cc2ccncc2)N2C(=O)NCC2c2ccc(C)c(C)c2)cc1. The Morgan fingerprint density at radius 3 is 2.47 bits per heavy atom. The lowest BCUT2D eigenvalue weighted by Gasteiger charge is -2.35. The van der Waals surface area contributed by atoms with Crippen molar-refractivity contribution < 1.29 is 9.53 Å². The number of carbonyl (C=O) groups is 1. The predicted octanol–water partition coefficient (Wildman–Crippen LogP) is 4.43.